The topological polar surface area (TPSA) is 54.4 Å². The highest BCUT2D eigenvalue weighted by atomic mass is 16.4. The molecule has 3 rings (SSSR count). The molecular weight excluding hydrogens is 240 g/mol. The minimum Gasteiger partial charge on any atom is -0.475 e. The fourth-order valence-electron chi connectivity index (χ4n) is 2.28. The molecule has 0 saturated carbocycles. The molecule has 0 aliphatic rings. The minimum atomic E-state index is -1.43. The summed E-state index contributed by atoms with van der Waals surface area (Å²) in [4.78, 5) is 22.2. The van der Waals surface area contributed by atoms with Crippen molar-refractivity contribution < 1.29 is 14.7 Å². The number of carbonyl (C=O) groups is 2. The molecule has 0 aliphatic carbocycles. The largest absolute Gasteiger partial charge is 0.475 e. The van der Waals surface area contributed by atoms with Crippen LogP contribution in [0.1, 0.15) is 10.4 Å². The van der Waals surface area contributed by atoms with Crippen molar-refractivity contribution in [3.63, 3.8) is 0 Å². The zero-order chi connectivity index (χ0) is 13.4. The molecule has 0 atom stereocenters. The summed E-state index contributed by atoms with van der Waals surface area (Å²) in [6, 6.07) is 16.8. The van der Waals surface area contributed by atoms with Gasteiger partial charge in [-0.15, -0.1) is 0 Å². The first-order valence-electron chi connectivity index (χ1n) is 5.86. The zero-order valence-electron chi connectivity index (χ0n) is 9.96. The van der Waals surface area contributed by atoms with Gasteiger partial charge in [0, 0.05) is 5.56 Å². The molecular formula is C16H10O3. The third-order valence-electron chi connectivity index (χ3n) is 3.20. The normalized spacial score (nSPS) is 10.7. The van der Waals surface area contributed by atoms with Crippen molar-refractivity contribution in [1.29, 1.82) is 0 Å². The van der Waals surface area contributed by atoms with E-state index in [9.17, 15) is 9.59 Å². The Labute approximate surface area is 109 Å². The highest BCUT2D eigenvalue weighted by Crippen LogP contribution is 2.26. The van der Waals surface area contributed by atoms with E-state index in [1.165, 1.54) is 0 Å². The van der Waals surface area contributed by atoms with Gasteiger partial charge in [-0.3, -0.25) is 4.79 Å². The number of hydrogen-bond donors (Lipinski definition) is 1. The second-order valence-electron chi connectivity index (χ2n) is 4.36. The van der Waals surface area contributed by atoms with Crippen LogP contribution >= 0.6 is 0 Å². The average molecular weight is 250 g/mol. The average Bonchev–Trinajstić information content (AvgIpc) is 2.45. The van der Waals surface area contributed by atoms with Gasteiger partial charge in [0.05, 0.1) is 0 Å². The molecule has 0 aromatic heterocycles. The van der Waals surface area contributed by atoms with E-state index in [0.717, 1.165) is 21.5 Å². The fourth-order valence-corrected chi connectivity index (χ4v) is 2.28. The lowest BCUT2D eigenvalue weighted by molar-refractivity contribution is -0.131. The smallest absolute Gasteiger partial charge is 0.377 e. The van der Waals surface area contributed by atoms with Crippen molar-refractivity contribution in [2.45, 2.75) is 0 Å². The van der Waals surface area contributed by atoms with Crippen LogP contribution in [0.4, 0.5) is 0 Å². The molecule has 0 saturated heterocycles. The molecule has 0 unspecified atom stereocenters. The summed E-state index contributed by atoms with van der Waals surface area (Å²) in [7, 11) is 0. The minimum absolute atomic E-state index is 0.204. The Kier molecular flexibility index (Phi) is 2.53. The van der Waals surface area contributed by atoms with Crippen molar-refractivity contribution in [2.24, 2.45) is 0 Å². The van der Waals surface area contributed by atoms with Crippen molar-refractivity contribution in [2.75, 3.05) is 0 Å². The summed E-state index contributed by atoms with van der Waals surface area (Å²) in [6.07, 6.45) is 0. The van der Waals surface area contributed by atoms with Crippen LogP contribution in [0.15, 0.2) is 54.6 Å². The first kappa shape index (κ1) is 11.4. The van der Waals surface area contributed by atoms with Gasteiger partial charge in [0.25, 0.3) is 5.78 Å². The van der Waals surface area contributed by atoms with Crippen LogP contribution in [-0.4, -0.2) is 16.9 Å². The van der Waals surface area contributed by atoms with E-state index in [1.807, 2.05) is 36.4 Å². The van der Waals surface area contributed by atoms with E-state index >= 15 is 0 Å². The van der Waals surface area contributed by atoms with Crippen LogP contribution in [0.3, 0.4) is 0 Å². The maximum Gasteiger partial charge on any atom is 0.377 e. The van der Waals surface area contributed by atoms with Crippen LogP contribution < -0.4 is 0 Å². The molecule has 3 heteroatoms. The molecule has 3 aromatic rings. The molecule has 0 bridgehead atoms. The number of carboxylic acids is 1. The Morgan fingerprint density at radius 2 is 1.47 bits per heavy atom. The third-order valence-corrected chi connectivity index (χ3v) is 3.20. The second kappa shape index (κ2) is 4.21. The first-order valence-corrected chi connectivity index (χ1v) is 5.86. The predicted octanol–water partition coefficient (Wildman–Crippen LogP) is 3.26. The molecule has 0 heterocycles. The summed E-state index contributed by atoms with van der Waals surface area (Å²) in [5.74, 6) is -2.31. The Balaban J connectivity index is 2.28. The molecule has 3 aromatic carbocycles. The zero-order valence-corrected chi connectivity index (χ0v) is 9.96. The number of hydrogen-bond acceptors (Lipinski definition) is 2. The van der Waals surface area contributed by atoms with Gasteiger partial charge in [-0.05, 0) is 27.6 Å². The number of aliphatic carboxylic acids is 1. The summed E-state index contributed by atoms with van der Waals surface area (Å²) in [6.45, 7) is 0. The fraction of sp³-hybridized carbons (Fsp3) is 0. The maximum absolute atomic E-state index is 11.5. The van der Waals surface area contributed by atoms with Crippen LogP contribution in [0.5, 0.6) is 0 Å². The van der Waals surface area contributed by atoms with Gasteiger partial charge in [0.2, 0.25) is 0 Å². The van der Waals surface area contributed by atoms with E-state index < -0.39 is 11.8 Å². The highest BCUT2D eigenvalue weighted by molar-refractivity contribution is 6.40. The Morgan fingerprint density at radius 3 is 2.26 bits per heavy atom. The maximum atomic E-state index is 11.5. The summed E-state index contributed by atoms with van der Waals surface area (Å²) in [5, 5.41) is 12.8. The number of carbonyl (C=O) groups excluding carboxylic acids is 1. The number of fused-ring (bicyclic) bond motifs is 3. The summed E-state index contributed by atoms with van der Waals surface area (Å²) >= 11 is 0. The van der Waals surface area contributed by atoms with Crippen LogP contribution in [0.2, 0.25) is 0 Å². The highest BCUT2D eigenvalue weighted by Gasteiger charge is 2.14. The van der Waals surface area contributed by atoms with Gasteiger partial charge < -0.3 is 5.11 Å². The monoisotopic (exact) mass is 250 g/mol. The molecule has 0 spiro atoms. The van der Waals surface area contributed by atoms with Crippen LogP contribution in [0, 0.1) is 0 Å². The quantitative estimate of drug-likeness (QED) is 0.431. The number of carboxylic acid groups (broad SMARTS) is 1. The SMILES string of the molecule is O=C(O)C(=O)c1ccc2c(ccc3ccccc32)c1. The van der Waals surface area contributed by atoms with E-state index in [4.69, 9.17) is 5.11 Å². The van der Waals surface area contributed by atoms with Gasteiger partial charge in [0.1, 0.15) is 0 Å². The molecule has 0 aliphatic heterocycles. The molecule has 0 radical (unpaired) electrons. The van der Waals surface area contributed by atoms with E-state index in [1.54, 1.807) is 18.2 Å². The van der Waals surface area contributed by atoms with E-state index in [2.05, 4.69) is 0 Å². The van der Waals surface area contributed by atoms with Gasteiger partial charge in [-0.25, -0.2) is 4.79 Å². The molecule has 3 nitrogen and oxygen atoms in total. The van der Waals surface area contributed by atoms with Gasteiger partial charge in [-0.1, -0.05) is 48.5 Å². The Bertz CT molecular complexity index is 818. The molecule has 0 amide bonds. The molecule has 92 valence electrons. The molecule has 1 N–H and O–H groups in total. The lowest BCUT2D eigenvalue weighted by atomic mass is 9.99. The lowest BCUT2D eigenvalue weighted by Crippen LogP contribution is -2.12. The Morgan fingerprint density at radius 1 is 0.789 bits per heavy atom. The van der Waals surface area contributed by atoms with Crippen molar-refractivity contribution in [3.05, 3.63) is 60.2 Å². The van der Waals surface area contributed by atoms with E-state index in [-0.39, 0.29) is 5.56 Å². The van der Waals surface area contributed by atoms with Gasteiger partial charge in [0.15, 0.2) is 0 Å². The predicted molar refractivity (Wildman–Crippen MR) is 73.4 cm³/mol. The molecule has 0 fully saturated rings. The van der Waals surface area contributed by atoms with Gasteiger partial charge >= 0.3 is 5.97 Å². The third kappa shape index (κ3) is 1.85. The van der Waals surface area contributed by atoms with Crippen molar-refractivity contribution in [1.82, 2.24) is 0 Å². The Hall–Kier alpha value is -2.68. The van der Waals surface area contributed by atoms with Crippen LogP contribution in [-0.2, 0) is 4.79 Å². The van der Waals surface area contributed by atoms with E-state index in [0.29, 0.717) is 0 Å². The first-order chi connectivity index (χ1) is 9.16. The van der Waals surface area contributed by atoms with Crippen LogP contribution in [0.25, 0.3) is 21.5 Å². The number of benzene rings is 3. The summed E-state index contributed by atoms with van der Waals surface area (Å²) < 4.78 is 0. The standard InChI is InChI=1S/C16H10O3/c17-15(16(18)19)12-7-8-14-11(9-12)6-5-10-3-1-2-4-13(10)14/h1-9H,(H,18,19). The van der Waals surface area contributed by atoms with Crippen molar-refractivity contribution in [3.8, 4) is 0 Å². The van der Waals surface area contributed by atoms with Gasteiger partial charge in [-0.2, -0.15) is 0 Å². The van der Waals surface area contributed by atoms with Crippen molar-refractivity contribution >= 4 is 33.3 Å². The lowest BCUT2D eigenvalue weighted by Gasteiger charge is -2.05. The number of ketones is 1. The number of Topliss-reactive ketones (excluding diaryl/α,β-unsaturated/α-hetero) is 1. The second-order valence-corrected chi connectivity index (χ2v) is 4.36. The number of rotatable bonds is 2. The summed E-state index contributed by atoms with van der Waals surface area (Å²) in [5.41, 5.74) is 0.204. The molecule has 19 heavy (non-hydrogen) atoms.